The number of methoxy groups -OCH3 is 2. The summed E-state index contributed by atoms with van der Waals surface area (Å²) in [6.07, 6.45) is 1.51. The van der Waals surface area contributed by atoms with Crippen LogP contribution in [-0.4, -0.2) is 45.8 Å². The van der Waals surface area contributed by atoms with Crippen LogP contribution in [0.25, 0.3) is 0 Å². The summed E-state index contributed by atoms with van der Waals surface area (Å²) in [4.78, 5) is 25.0. The molecule has 0 aliphatic carbocycles. The molecule has 160 valence electrons. The van der Waals surface area contributed by atoms with Crippen molar-refractivity contribution in [2.75, 3.05) is 39.3 Å². The van der Waals surface area contributed by atoms with Crippen LogP contribution >= 0.6 is 0 Å². The topological polar surface area (TPSA) is 85.9 Å². The van der Waals surface area contributed by atoms with Crippen LogP contribution < -0.4 is 20.1 Å². The van der Waals surface area contributed by atoms with E-state index in [1.807, 2.05) is 37.3 Å². The summed E-state index contributed by atoms with van der Waals surface area (Å²) in [5.41, 5.74) is 2.22. The number of carbonyl (C=O) groups excluding carboxylic acids is 2. The predicted molar refractivity (Wildman–Crippen MR) is 114 cm³/mol. The van der Waals surface area contributed by atoms with E-state index < -0.39 is 11.8 Å². The molecule has 1 fully saturated rings. The first-order valence-electron chi connectivity index (χ1n) is 9.93. The Labute approximate surface area is 176 Å². The number of amides is 2. The highest BCUT2D eigenvalue weighted by atomic mass is 16.5. The number of hydrogen-bond acceptors (Lipinski definition) is 5. The van der Waals surface area contributed by atoms with Crippen LogP contribution in [0.3, 0.4) is 0 Å². The molecule has 1 saturated heterocycles. The zero-order valence-electron chi connectivity index (χ0n) is 17.6. The van der Waals surface area contributed by atoms with Gasteiger partial charge in [-0.25, -0.2) is 0 Å². The van der Waals surface area contributed by atoms with E-state index in [1.165, 1.54) is 7.11 Å². The Balaban J connectivity index is 1.70. The van der Waals surface area contributed by atoms with Crippen LogP contribution in [0.15, 0.2) is 42.5 Å². The molecule has 1 heterocycles. The van der Waals surface area contributed by atoms with Crippen molar-refractivity contribution in [3.8, 4) is 11.5 Å². The fraction of sp³-hybridized carbons (Fsp3) is 0.391. The molecule has 0 unspecified atom stereocenters. The van der Waals surface area contributed by atoms with E-state index >= 15 is 0 Å². The Morgan fingerprint density at radius 1 is 1.00 bits per heavy atom. The quantitative estimate of drug-likeness (QED) is 0.713. The Kier molecular flexibility index (Phi) is 6.95. The molecule has 0 atom stereocenters. The SMILES string of the molecule is COc1ccc(C2(CNC(=O)C(=O)Nc3cc(C)ccc3OC)CCOCC2)cc1. The van der Waals surface area contributed by atoms with Crippen molar-refractivity contribution in [2.24, 2.45) is 0 Å². The minimum atomic E-state index is -0.726. The minimum Gasteiger partial charge on any atom is -0.497 e. The molecule has 7 heteroatoms. The molecule has 30 heavy (non-hydrogen) atoms. The zero-order valence-corrected chi connectivity index (χ0v) is 17.6. The summed E-state index contributed by atoms with van der Waals surface area (Å²) in [6, 6.07) is 13.2. The molecule has 1 aliphatic rings. The number of benzene rings is 2. The molecular weight excluding hydrogens is 384 g/mol. The maximum absolute atomic E-state index is 12.5. The third kappa shape index (κ3) is 4.91. The Hall–Kier alpha value is -3.06. The number of rotatable bonds is 6. The lowest BCUT2D eigenvalue weighted by molar-refractivity contribution is -0.136. The molecule has 7 nitrogen and oxygen atoms in total. The minimum absolute atomic E-state index is 0.290. The highest BCUT2D eigenvalue weighted by molar-refractivity contribution is 6.39. The van der Waals surface area contributed by atoms with Gasteiger partial charge in [0.2, 0.25) is 0 Å². The number of hydrogen-bond donors (Lipinski definition) is 2. The first kappa shape index (κ1) is 21.6. The van der Waals surface area contributed by atoms with Crippen molar-refractivity contribution in [3.63, 3.8) is 0 Å². The predicted octanol–water partition coefficient (Wildman–Crippen LogP) is 2.82. The normalized spacial score (nSPS) is 15.2. The lowest BCUT2D eigenvalue weighted by atomic mass is 9.74. The van der Waals surface area contributed by atoms with Gasteiger partial charge in [-0.3, -0.25) is 9.59 Å². The fourth-order valence-electron chi connectivity index (χ4n) is 3.70. The van der Waals surface area contributed by atoms with Crippen LogP contribution in [0.1, 0.15) is 24.0 Å². The van der Waals surface area contributed by atoms with E-state index in [0.29, 0.717) is 31.2 Å². The Morgan fingerprint density at radius 2 is 1.70 bits per heavy atom. The maximum Gasteiger partial charge on any atom is 0.313 e. The van der Waals surface area contributed by atoms with Crippen molar-refractivity contribution >= 4 is 17.5 Å². The molecule has 0 radical (unpaired) electrons. The highest BCUT2D eigenvalue weighted by Crippen LogP contribution is 2.35. The van der Waals surface area contributed by atoms with Crippen LogP contribution in [-0.2, 0) is 19.7 Å². The molecule has 0 bridgehead atoms. The second-order valence-electron chi connectivity index (χ2n) is 7.46. The van der Waals surface area contributed by atoms with Crippen LogP contribution in [0.2, 0.25) is 0 Å². The summed E-state index contributed by atoms with van der Waals surface area (Å²) in [5, 5.41) is 5.45. The number of carbonyl (C=O) groups is 2. The standard InChI is InChI=1S/C23H28N2O5/c1-16-4-9-20(29-3)19(14-16)25-22(27)21(26)24-15-23(10-12-30-13-11-23)17-5-7-18(28-2)8-6-17/h4-9,14H,10-13,15H2,1-3H3,(H,24,26)(H,25,27). The highest BCUT2D eigenvalue weighted by Gasteiger charge is 2.35. The summed E-state index contributed by atoms with van der Waals surface area (Å²) in [5.74, 6) is -0.133. The van der Waals surface area contributed by atoms with Crippen molar-refractivity contribution in [1.29, 1.82) is 0 Å². The average Bonchev–Trinajstić information content (AvgIpc) is 2.78. The van der Waals surface area contributed by atoms with E-state index in [-0.39, 0.29) is 5.41 Å². The number of aryl methyl sites for hydroxylation is 1. The van der Waals surface area contributed by atoms with Gasteiger partial charge >= 0.3 is 11.8 Å². The van der Waals surface area contributed by atoms with E-state index in [0.717, 1.165) is 29.7 Å². The molecule has 2 aromatic rings. The van der Waals surface area contributed by atoms with Gasteiger partial charge in [-0.15, -0.1) is 0 Å². The fourth-order valence-corrected chi connectivity index (χ4v) is 3.70. The van der Waals surface area contributed by atoms with Gasteiger partial charge in [-0.05, 0) is 55.2 Å². The van der Waals surface area contributed by atoms with Crippen LogP contribution in [0, 0.1) is 6.92 Å². The molecule has 1 aliphatic heterocycles. The van der Waals surface area contributed by atoms with Gasteiger partial charge in [0, 0.05) is 25.2 Å². The third-order valence-electron chi connectivity index (χ3n) is 5.55. The molecule has 2 amide bonds. The van der Waals surface area contributed by atoms with Crippen molar-refractivity contribution < 1.29 is 23.8 Å². The van der Waals surface area contributed by atoms with Crippen molar-refractivity contribution in [2.45, 2.75) is 25.2 Å². The summed E-state index contributed by atoms with van der Waals surface area (Å²) in [7, 11) is 3.14. The smallest absolute Gasteiger partial charge is 0.313 e. The molecule has 0 spiro atoms. The largest absolute Gasteiger partial charge is 0.497 e. The number of ether oxygens (including phenoxy) is 3. The average molecular weight is 412 g/mol. The second kappa shape index (κ2) is 9.63. The maximum atomic E-state index is 12.5. The summed E-state index contributed by atoms with van der Waals surface area (Å²) < 4.78 is 16.0. The van der Waals surface area contributed by atoms with Gasteiger partial charge in [-0.1, -0.05) is 18.2 Å². The first-order valence-corrected chi connectivity index (χ1v) is 9.93. The lowest BCUT2D eigenvalue weighted by Crippen LogP contribution is -2.47. The van der Waals surface area contributed by atoms with E-state index in [1.54, 1.807) is 19.2 Å². The van der Waals surface area contributed by atoms with Gasteiger partial charge < -0.3 is 24.8 Å². The Bertz CT molecular complexity index is 889. The third-order valence-corrected chi connectivity index (χ3v) is 5.55. The molecule has 0 saturated carbocycles. The van der Waals surface area contributed by atoms with Gasteiger partial charge in [0.15, 0.2) is 0 Å². The van der Waals surface area contributed by atoms with E-state index in [9.17, 15) is 9.59 Å². The zero-order chi connectivity index (χ0) is 21.6. The van der Waals surface area contributed by atoms with E-state index in [2.05, 4.69) is 10.6 Å². The summed E-state index contributed by atoms with van der Waals surface area (Å²) in [6.45, 7) is 3.46. The van der Waals surface area contributed by atoms with Gasteiger partial charge in [-0.2, -0.15) is 0 Å². The van der Waals surface area contributed by atoms with Crippen molar-refractivity contribution in [3.05, 3.63) is 53.6 Å². The van der Waals surface area contributed by atoms with Crippen LogP contribution in [0.5, 0.6) is 11.5 Å². The molecule has 0 aromatic heterocycles. The molecule has 2 N–H and O–H groups in total. The molecular formula is C23H28N2O5. The summed E-state index contributed by atoms with van der Waals surface area (Å²) >= 11 is 0. The van der Waals surface area contributed by atoms with E-state index in [4.69, 9.17) is 14.2 Å². The van der Waals surface area contributed by atoms with Gasteiger partial charge in [0.25, 0.3) is 0 Å². The van der Waals surface area contributed by atoms with Crippen molar-refractivity contribution in [1.82, 2.24) is 5.32 Å². The monoisotopic (exact) mass is 412 g/mol. The molecule has 2 aromatic carbocycles. The van der Waals surface area contributed by atoms with Gasteiger partial charge in [0.05, 0.1) is 19.9 Å². The van der Waals surface area contributed by atoms with Gasteiger partial charge in [0.1, 0.15) is 11.5 Å². The molecule has 3 rings (SSSR count). The first-order chi connectivity index (χ1) is 14.5. The second-order valence-corrected chi connectivity index (χ2v) is 7.46. The lowest BCUT2D eigenvalue weighted by Gasteiger charge is -2.38. The number of nitrogens with one attached hydrogen (secondary N) is 2. The number of anilines is 1. The van der Waals surface area contributed by atoms with Crippen LogP contribution in [0.4, 0.5) is 5.69 Å². The Morgan fingerprint density at radius 3 is 2.33 bits per heavy atom.